The van der Waals surface area contributed by atoms with Gasteiger partial charge >= 0.3 is 10.2 Å². The summed E-state index contributed by atoms with van der Waals surface area (Å²) in [6.07, 6.45) is 5.64. The summed E-state index contributed by atoms with van der Waals surface area (Å²) in [5.41, 5.74) is 2.15. The molecule has 5 rings (SSSR count). The second kappa shape index (κ2) is 11.0. The maximum Gasteiger partial charge on any atom is 0.310 e. The largest absolute Gasteiger partial charge is 0.374 e. The van der Waals surface area contributed by atoms with Gasteiger partial charge in [0.1, 0.15) is 29.4 Å². The number of aliphatic hydroxyl groups is 1. The lowest BCUT2D eigenvalue weighted by Crippen LogP contribution is -2.37. The molecule has 16 heteroatoms. The average Bonchev–Trinajstić information content (AvgIpc) is 3.50. The summed E-state index contributed by atoms with van der Waals surface area (Å²) in [5, 5.41) is 10.3. The molecule has 0 amide bonds. The average molecular weight is 650 g/mol. The lowest BCUT2D eigenvalue weighted by molar-refractivity contribution is -0.218. The van der Waals surface area contributed by atoms with Crippen LogP contribution in [-0.2, 0) is 20.8 Å². The molecule has 0 radical (unpaired) electrons. The fourth-order valence-electron chi connectivity index (χ4n) is 5.21. The van der Waals surface area contributed by atoms with Crippen molar-refractivity contribution in [1.82, 2.24) is 19.5 Å². The summed E-state index contributed by atoms with van der Waals surface area (Å²) in [5.74, 6) is -1.23. The van der Waals surface area contributed by atoms with Crippen LogP contribution >= 0.6 is 10.2 Å². The second-order valence-electron chi connectivity index (χ2n) is 11.4. The van der Waals surface area contributed by atoms with Gasteiger partial charge in [-0.3, -0.25) is 4.57 Å². The topological polar surface area (TPSA) is 94.8 Å². The van der Waals surface area contributed by atoms with Gasteiger partial charge in [0.15, 0.2) is 22.8 Å². The molecule has 44 heavy (non-hydrogen) atoms. The van der Waals surface area contributed by atoms with Crippen LogP contribution in [0.15, 0.2) is 65.4 Å². The summed E-state index contributed by atoms with van der Waals surface area (Å²) in [7, 11) is -7.94. The number of fused-ring (bicyclic) bond motifs is 1. The highest BCUT2D eigenvalue weighted by Crippen LogP contribution is 3.02. The van der Waals surface area contributed by atoms with Crippen molar-refractivity contribution in [2.45, 2.75) is 68.8 Å². The molecule has 242 valence electrons. The molecule has 0 spiro atoms. The van der Waals surface area contributed by atoms with Crippen LogP contribution < -0.4 is 4.90 Å². The zero-order chi connectivity index (χ0) is 32.0. The van der Waals surface area contributed by atoms with E-state index in [9.17, 15) is 28.9 Å². The van der Waals surface area contributed by atoms with Crippen molar-refractivity contribution < 1.29 is 43.1 Å². The molecule has 0 bridgehead atoms. The number of nitrogens with zero attached hydrogens (tertiary/aromatic N) is 5. The minimum atomic E-state index is -9.77. The fraction of sp³-hybridized carbons (Fsp3) is 0.464. The first kappa shape index (κ1) is 32.2. The summed E-state index contributed by atoms with van der Waals surface area (Å²) in [4.78, 5) is 13.2. The lowest BCUT2D eigenvalue weighted by atomic mass is 10.0. The molecule has 3 heterocycles. The van der Waals surface area contributed by atoms with Gasteiger partial charge in [0, 0.05) is 20.0 Å². The van der Waals surface area contributed by atoms with Crippen LogP contribution in [0.5, 0.6) is 0 Å². The van der Waals surface area contributed by atoms with Crippen molar-refractivity contribution in [2.75, 3.05) is 25.1 Å². The smallest absolute Gasteiger partial charge is 0.310 e. The number of benzene rings is 1. The third-order valence-corrected chi connectivity index (χ3v) is 8.30. The van der Waals surface area contributed by atoms with Crippen molar-refractivity contribution in [3.05, 3.63) is 66.0 Å². The van der Waals surface area contributed by atoms with Crippen LogP contribution in [0.2, 0.25) is 0 Å². The Labute approximate surface area is 249 Å². The molecule has 2 aliphatic rings. The molecule has 1 N–H and O–H groups in total. The molecule has 2 aromatic heterocycles. The van der Waals surface area contributed by atoms with E-state index >= 15 is 0 Å². The molecule has 1 aliphatic heterocycles. The molecule has 1 saturated heterocycles. The van der Waals surface area contributed by atoms with E-state index in [4.69, 9.17) is 14.2 Å². The number of hydrogen-bond acceptors (Lipinski definition) is 8. The van der Waals surface area contributed by atoms with Crippen LogP contribution in [0.1, 0.15) is 44.9 Å². The summed E-state index contributed by atoms with van der Waals surface area (Å²) >= 11 is 0. The number of imidazole rings is 1. The molecule has 1 aromatic carbocycles. The van der Waals surface area contributed by atoms with Crippen molar-refractivity contribution in [2.24, 2.45) is 0 Å². The van der Waals surface area contributed by atoms with Crippen molar-refractivity contribution in [1.29, 1.82) is 0 Å². The first-order chi connectivity index (χ1) is 20.4. The maximum atomic E-state index is 13.7. The minimum absolute atomic E-state index is 0.0731. The molecule has 3 aromatic rings. The highest BCUT2D eigenvalue weighted by molar-refractivity contribution is 8.45. The van der Waals surface area contributed by atoms with E-state index in [2.05, 4.69) is 15.0 Å². The molecular formula is C28H33F6N5O4S. The van der Waals surface area contributed by atoms with Crippen molar-refractivity contribution >= 4 is 27.2 Å². The second-order valence-corrected chi connectivity index (χ2v) is 13.8. The van der Waals surface area contributed by atoms with Gasteiger partial charge in [0.2, 0.25) is 0 Å². The predicted molar refractivity (Wildman–Crippen MR) is 152 cm³/mol. The van der Waals surface area contributed by atoms with Crippen molar-refractivity contribution in [3.8, 4) is 0 Å². The van der Waals surface area contributed by atoms with Crippen LogP contribution in [0.4, 0.5) is 29.6 Å². The fourth-order valence-corrected chi connectivity index (χ4v) is 5.86. The SMILES string of the molecule is CN(CC1=CC(F)=CCC1)c1ncnc2c1ncn2[C@H]1C[C@H](OC(C)(C)O)[C@@H](COCc2ccc(S(F)(F)(F)(F)F)cc2)O1. The predicted octanol–water partition coefficient (Wildman–Crippen LogP) is 7.11. The van der Waals surface area contributed by atoms with E-state index in [0.29, 0.717) is 42.1 Å². The van der Waals surface area contributed by atoms with Crippen molar-refractivity contribution in [3.63, 3.8) is 0 Å². The van der Waals surface area contributed by atoms with Gasteiger partial charge < -0.3 is 24.2 Å². The van der Waals surface area contributed by atoms with E-state index in [0.717, 1.165) is 24.1 Å². The molecule has 3 atom stereocenters. The van der Waals surface area contributed by atoms with E-state index < -0.39 is 39.3 Å². The zero-order valence-corrected chi connectivity index (χ0v) is 25.0. The Balaban J connectivity index is 1.29. The molecule has 0 unspecified atom stereocenters. The van der Waals surface area contributed by atoms with Crippen LogP contribution in [0.3, 0.4) is 0 Å². The summed E-state index contributed by atoms with van der Waals surface area (Å²) < 4.78 is 98.2. The Morgan fingerprint density at radius 2 is 1.84 bits per heavy atom. The lowest BCUT2D eigenvalue weighted by Gasteiger charge is -2.40. The molecule has 1 fully saturated rings. The normalized spacial score (nSPS) is 22.8. The monoisotopic (exact) mass is 649 g/mol. The van der Waals surface area contributed by atoms with Crippen LogP contribution in [0, 0.1) is 0 Å². The number of likely N-dealkylation sites (N-methyl/N-ethyl adjacent to an activating group) is 1. The van der Waals surface area contributed by atoms with E-state index in [1.165, 1.54) is 26.3 Å². The first-order valence-corrected chi connectivity index (χ1v) is 15.7. The number of allylic oxidation sites excluding steroid dienone is 3. The standard InChI is InChI=1S/C28H33F6N5O4S/c1-28(2,40)43-22-12-24(42-23(22)15-41-14-18-7-9-21(10-8-18)44(30,31,32,33)34)39-17-37-25-26(35-16-36-27(25)39)38(3)13-19-5-4-6-20(29)11-19/h6-11,16-17,22-24,40H,4-5,12-15H2,1-3H3/t22-,23+,24+/m0/s1. The quantitative estimate of drug-likeness (QED) is 0.174. The Morgan fingerprint density at radius 3 is 2.50 bits per heavy atom. The highest BCUT2D eigenvalue weighted by Gasteiger charge is 2.65. The number of hydrogen-bond donors (Lipinski definition) is 1. The third-order valence-electron chi connectivity index (χ3n) is 7.14. The van der Waals surface area contributed by atoms with Gasteiger partial charge in [-0.2, -0.15) is 0 Å². The van der Waals surface area contributed by atoms with E-state index in [1.54, 1.807) is 17.0 Å². The number of halogens is 6. The van der Waals surface area contributed by atoms with Gasteiger partial charge in [-0.25, -0.2) is 19.3 Å². The van der Waals surface area contributed by atoms with Gasteiger partial charge in [0.05, 0.1) is 25.6 Å². The summed E-state index contributed by atoms with van der Waals surface area (Å²) in [6.45, 7) is 3.13. The van der Waals surface area contributed by atoms with E-state index in [1.807, 2.05) is 11.9 Å². The Bertz CT molecular complexity index is 1580. The highest BCUT2D eigenvalue weighted by atomic mass is 32.5. The first-order valence-electron chi connectivity index (χ1n) is 13.8. The number of rotatable bonds is 11. The molecular weight excluding hydrogens is 616 g/mol. The Kier molecular flexibility index (Phi) is 8.06. The van der Waals surface area contributed by atoms with E-state index in [-0.39, 0.29) is 31.0 Å². The number of aromatic nitrogens is 4. The van der Waals surface area contributed by atoms with Crippen LogP contribution in [-0.4, -0.2) is 62.8 Å². The number of anilines is 1. The maximum absolute atomic E-state index is 13.7. The van der Waals surface area contributed by atoms with Gasteiger partial charge in [-0.1, -0.05) is 31.6 Å². The molecule has 9 nitrogen and oxygen atoms in total. The third kappa shape index (κ3) is 7.72. The van der Waals surface area contributed by atoms with Gasteiger partial charge in [0.25, 0.3) is 0 Å². The van der Waals surface area contributed by atoms with Gasteiger partial charge in [-0.15, -0.1) is 0 Å². The van der Waals surface area contributed by atoms with Gasteiger partial charge in [-0.05, 0) is 62.1 Å². The number of ether oxygens (including phenoxy) is 3. The zero-order valence-electron chi connectivity index (χ0n) is 24.2. The molecule has 0 saturated carbocycles. The van der Waals surface area contributed by atoms with Crippen LogP contribution in [0.25, 0.3) is 11.2 Å². The Morgan fingerprint density at radius 1 is 1.11 bits per heavy atom. The molecule has 1 aliphatic carbocycles. The summed E-state index contributed by atoms with van der Waals surface area (Å²) in [6, 6.07) is 2.53. The Hall–Kier alpha value is -3.18. The minimum Gasteiger partial charge on any atom is -0.374 e.